The molecule has 0 N–H and O–H groups in total. The third kappa shape index (κ3) is 7.76. The third-order valence-corrected chi connectivity index (χ3v) is 4.62. The molecule has 13 heteroatoms. The maximum atomic E-state index is 13.2. The predicted octanol–water partition coefficient (Wildman–Crippen LogP) is 0.269. The fourth-order valence-corrected chi connectivity index (χ4v) is 3.05. The molecular weight excluding hydrogens is 462 g/mol. The summed E-state index contributed by atoms with van der Waals surface area (Å²) in [5, 5.41) is 7.99. The standard InChI is InChI=1S/C22H29N5O8/c1-5-33-19(29)11-18(21(31)34-6-2)26-12-15(3)20(30)27(22(26)32)14-17-13-25(24-23-17)9-7-8-10-35-16(4)28/h11-13H,5-10,14H2,1-4H3/b18-11+. The lowest BCUT2D eigenvalue weighted by Gasteiger charge is -2.13. The molecule has 2 rings (SSSR count). The first-order valence-electron chi connectivity index (χ1n) is 11.1. The van der Waals surface area contributed by atoms with Crippen LogP contribution in [0, 0.1) is 6.92 Å². The van der Waals surface area contributed by atoms with Crippen LogP contribution < -0.4 is 11.2 Å². The Morgan fingerprint density at radius 3 is 2.40 bits per heavy atom. The molecule has 0 radical (unpaired) electrons. The molecule has 0 spiro atoms. The Morgan fingerprint density at radius 2 is 1.74 bits per heavy atom. The third-order valence-electron chi connectivity index (χ3n) is 4.62. The van der Waals surface area contributed by atoms with Gasteiger partial charge in [0.1, 0.15) is 11.4 Å². The van der Waals surface area contributed by atoms with Crippen molar-refractivity contribution in [3.05, 3.63) is 50.6 Å². The van der Waals surface area contributed by atoms with Crippen LogP contribution >= 0.6 is 0 Å². The average molecular weight is 492 g/mol. The van der Waals surface area contributed by atoms with E-state index in [2.05, 4.69) is 10.3 Å². The zero-order valence-electron chi connectivity index (χ0n) is 20.2. The molecule has 2 aromatic heterocycles. The van der Waals surface area contributed by atoms with Gasteiger partial charge in [-0.15, -0.1) is 5.10 Å². The Morgan fingerprint density at radius 1 is 1.03 bits per heavy atom. The summed E-state index contributed by atoms with van der Waals surface area (Å²) in [4.78, 5) is 61.2. The quantitative estimate of drug-likeness (QED) is 0.175. The van der Waals surface area contributed by atoms with Gasteiger partial charge in [0.15, 0.2) is 0 Å². The predicted molar refractivity (Wildman–Crippen MR) is 122 cm³/mol. The molecule has 2 heterocycles. The molecule has 35 heavy (non-hydrogen) atoms. The summed E-state index contributed by atoms with van der Waals surface area (Å²) in [5.41, 5.74) is -1.33. The Bertz CT molecular complexity index is 1210. The van der Waals surface area contributed by atoms with Crippen molar-refractivity contribution in [2.45, 2.75) is 53.6 Å². The molecule has 0 aromatic carbocycles. The second-order valence-corrected chi connectivity index (χ2v) is 7.38. The van der Waals surface area contributed by atoms with Crippen LogP contribution in [0.2, 0.25) is 0 Å². The summed E-state index contributed by atoms with van der Waals surface area (Å²) in [7, 11) is 0. The van der Waals surface area contributed by atoms with Crippen LogP contribution in [-0.4, -0.2) is 61.9 Å². The van der Waals surface area contributed by atoms with Crippen molar-refractivity contribution < 1.29 is 28.6 Å². The van der Waals surface area contributed by atoms with Gasteiger partial charge in [-0.25, -0.2) is 14.4 Å². The Hall–Kier alpha value is -4.03. The van der Waals surface area contributed by atoms with E-state index < -0.39 is 23.2 Å². The Labute approximate surface area is 200 Å². The number of aryl methyl sites for hydroxylation is 2. The molecule has 190 valence electrons. The molecule has 0 bridgehead atoms. The normalized spacial score (nSPS) is 11.3. The number of rotatable bonds is 12. The molecule has 13 nitrogen and oxygen atoms in total. The van der Waals surface area contributed by atoms with Gasteiger partial charge in [-0.2, -0.15) is 0 Å². The lowest BCUT2D eigenvalue weighted by atomic mass is 10.3. The monoisotopic (exact) mass is 491 g/mol. The van der Waals surface area contributed by atoms with Gasteiger partial charge in [0, 0.05) is 25.2 Å². The summed E-state index contributed by atoms with van der Waals surface area (Å²) in [5.74, 6) is -2.10. The molecule has 0 aliphatic heterocycles. The van der Waals surface area contributed by atoms with E-state index in [-0.39, 0.29) is 37.0 Å². The van der Waals surface area contributed by atoms with Crippen molar-refractivity contribution in [2.24, 2.45) is 0 Å². The number of hydrogen-bond acceptors (Lipinski definition) is 10. The van der Waals surface area contributed by atoms with Crippen LogP contribution in [0.3, 0.4) is 0 Å². The number of unbranched alkanes of at least 4 members (excludes halogenated alkanes) is 1. The molecule has 0 saturated heterocycles. The number of carbonyl (C=O) groups excluding carboxylic acids is 3. The molecule has 2 aromatic rings. The molecular formula is C22H29N5O8. The van der Waals surface area contributed by atoms with Crippen molar-refractivity contribution in [3.63, 3.8) is 0 Å². The van der Waals surface area contributed by atoms with E-state index in [9.17, 15) is 24.0 Å². The summed E-state index contributed by atoms with van der Waals surface area (Å²) in [6.07, 6.45) is 4.92. The van der Waals surface area contributed by atoms with Crippen LogP contribution in [0.4, 0.5) is 0 Å². The van der Waals surface area contributed by atoms with E-state index in [0.29, 0.717) is 31.7 Å². The first kappa shape index (κ1) is 27.2. The molecule has 0 saturated carbocycles. The summed E-state index contributed by atoms with van der Waals surface area (Å²) in [6.45, 7) is 6.66. The SMILES string of the molecule is CCOC(=O)/C=C(\C(=O)OCC)n1cc(C)c(=O)n(Cc2cn(CCCCOC(C)=O)nn2)c1=O. The van der Waals surface area contributed by atoms with Crippen molar-refractivity contribution in [2.75, 3.05) is 19.8 Å². The fourth-order valence-electron chi connectivity index (χ4n) is 3.05. The van der Waals surface area contributed by atoms with Gasteiger partial charge >= 0.3 is 23.6 Å². The molecule has 0 amide bonds. The maximum absolute atomic E-state index is 13.2. The van der Waals surface area contributed by atoms with E-state index in [1.807, 2.05) is 0 Å². The van der Waals surface area contributed by atoms with Gasteiger partial charge < -0.3 is 14.2 Å². The minimum absolute atomic E-state index is 0.0103. The second-order valence-electron chi connectivity index (χ2n) is 7.38. The zero-order chi connectivity index (χ0) is 26.0. The van der Waals surface area contributed by atoms with Gasteiger partial charge in [0.25, 0.3) is 5.56 Å². The van der Waals surface area contributed by atoms with E-state index in [0.717, 1.165) is 15.2 Å². The number of carbonyl (C=O) groups is 3. The van der Waals surface area contributed by atoms with Gasteiger partial charge in [0.05, 0.1) is 38.6 Å². The number of aromatic nitrogens is 5. The van der Waals surface area contributed by atoms with Crippen LogP contribution in [0.1, 0.15) is 44.9 Å². The topological polar surface area (TPSA) is 154 Å². The minimum atomic E-state index is -0.924. The Kier molecular flexibility index (Phi) is 10.1. The number of esters is 3. The number of nitrogens with zero attached hydrogens (tertiary/aromatic N) is 5. The summed E-state index contributed by atoms with van der Waals surface area (Å²) < 4.78 is 18.0. The Balaban J connectivity index is 2.32. The van der Waals surface area contributed by atoms with Crippen molar-refractivity contribution in [3.8, 4) is 0 Å². The zero-order valence-corrected chi connectivity index (χ0v) is 20.2. The first-order chi connectivity index (χ1) is 16.7. The molecule has 0 unspecified atom stereocenters. The van der Waals surface area contributed by atoms with E-state index in [1.165, 1.54) is 20.0 Å². The highest BCUT2D eigenvalue weighted by atomic mass is 16.5. The lowest BCUT2D eigenvalue weighted by Crippen LogP contribution is -2.41. The van der Waals surface area contributed by atoms with E-state index in [1.54, 1.807) is 24.7 Å². The molecule has 0 aliphatic rings. The smallest absolute Gasteiger partial charge is 0.355 e. The average Bonchev–Trinajstić information content (AvgIpc) is 3.25. The largest absolute Gasteiger partial charge is 0.466 e. The highest BCUT2D eigenvalue weighted by Gasteiger charge is 2.21. The van der Waals surface area contributed by atoms with E-state index in [4.69, 9.17) is 14.2 Å². The van der Waals surface area contributed by atoms with Crippen LogP contribution in [0.25, 0.3) is 5.70 Å². The van der Waals surface area contributed by atoms with Crippen LogP contribution in [0.5, 0.6) is 0 Å². The maximum Gasteiger partial charge on any atom is 0.355 e. The van der Waals surface area contributed by atoms with Crippen molar-refractivity contribution in [1.82, 2.24) is 24.1 Å². The first-order valence-corrected chi connectivity index (χ1v) is 11.1. The van der Waals surface area contributed by atoms with Crippen molar-refractivity contribution >= 4 is 23.6 Å². The van der Waals surface area contributed by atoms with Crippen LogP contribution in [0.15, 0.2) is 28.1 Å². The minimum Gasteiger partial charge on any atom is -0.466 e. The van der Waals surface area contributed by atoms with Crippen LogP contribution in [-0.2, 0) is 41.7 Å². The van der Waals surface area contributed by atoms with Crippen molar-refractivity contribution in [1.29, 1.82) is 0 Å². The molecule has 0 fully saturated rings. The van der Waals surface area contributed by atoms with E-state index >= 15 is 0 Å². The second kappa shape index (κ2) is 13.0. The fraction of sp³-hybridized carbons (Fsp3) is 0.500. The molecule has 0 atom stereocenters. The number of hydrogen-bond donors (Lipinski definition) is 0. The highest BCUT2D eigenvalue weighted by molar-refractivity contribution is 6.14. The summed E-state index contributed by atoms with van der Waals surface area (Å²) in [6, 6.07) is 0. The molecule has 0 aliphatic carbocycles. The summed E-state index contributed by atoms with van der Waals surface area (Å²) >= 11 is 0. The lowest BCUT2D eigenvalue weighted by molar-refractivity contribution is -0.141. The van der Waals surface area contributed by atoms with Gasteiger partial charge in [-0.05, 0) is 33.6 Å². The highest BCUT2D eigenvalue weighted by Crippen LogP contribution is 2.07. The number of ether oxygens (including phenoxy) is 3. The van der Waals surface area contributed by atoms with Gasteiger partial charge in [-0.1, -0.05) is 5.21 Å². The van der Waals surface area contributed by atoms with Gasteiger partial charge in [0.2, 0.25) is 0 Å². The van der Waals surface area contributed by atoms with Gasteiger partial charge in [-0.3, -0.25) is 23.4 Å².